The summed E-state index contributed by atoms with van der Waals surface area (Å²) in [6, 6.07) is 9.26. The molecule has 0 aliphatic rings. The summed E-state index contributed by atoms with van der Waals surface area (Å²) in [5.41, 5.74) is 5.10. The van der Waals surface area contributed by atoms with Crippen molar-refractivity contribution >= 4 is 35.0 Å². The highest BCUT2D eigenvalue weighted by Crippen LogP contribution is 2.28. The molecule has 8 heteroatoms. The Labute approximate surface area is 174 Å². The van der Waals surface area contributed by atoms with Crippen LogP contribution >= 0.6 is 23.2 Å². The monoisotopic (exact) mass is 424 g/mol. The lowest BCUT2D eigenvalue weighted by atomic mass is 10.1. The largest absolute Gasteiger partial charge is 0.493 e. The number of hydrazine groups is 1. The van der Waals surface area contributed by atoms with E-state index in [1.807, 2.05) is 0 Å². The van der Waals surface area contributed by atoms with Gasteiger partial charge in [0, 0.05) is 10.6 Å². The molecule has 0 aliphatic heterocycles. The van der Waals surface area contributed by atoms with Crippen molar-refractivity contribution in [3.63, 3.8) is 0 Å². The minimum absolute atomic E-state index is 0.154. The van der Waals surface area contributed by atoms with Crippen LogP contribution in [0.1, 0.15) is 41.0 Å². The summed E-state index contributed by atoms with van der Waals surface area (Å²) in [5.74, 6) is 0.405. The number of hydrogen-bond acceptors (Lipinski definition) is 4. The Balaban J connectivity index is 2.01. The van der Waals surface area contributed by atoms with Gasteiger partial charge in [-0.1, -0.05) is 37.0 Å². The number of ether oxygens (including phenoxy) is 2. The van der Waals surface area contributed by atoms with Gasteiger partial charge in [-0.05, 0) is 48.7 Å². The molecule has 0 aromatic heterocycles. The van der Waals surface area contributed by atoms with Crippen LogP contribution in [0.15, 0.2) is 36.4 Å². The molecule has 0 saturated heterocycles. The molecule has 0 fully saturated rings. The molecule has 150 valence electrons. The van der Waals surface area contributed by atoms with Crippen LogP contribution in [0.5, 0.6) is 11.5 Å². The molecular weight excluding hydrogens is 403 g/mol. The SMILES string of the molecule is COc1cc(C(=O)NNC(=O)c2cc(Cl)ccc2Cl)ccc1OCCC(C)C. The maximum atomic E-state index is 12.3. The number of hydrogen-bond donors (Lipinski definition) is 2. The molecule has 0 aliphatic carbocycles. The normalized spacial score (nSPS) is 10.5. The minimum Gasteiger partial charge on any atom is -0.493 e. The van der Waals surface area contributed by atoms with E-state index < -0.39 is 11.8 Å². The molecule has 0 bridgehead atoms. The van der Waals surface area contributed by atoms with Crippen LogP contribution in [0.3, 0.4) is 0 Å². The predicted molar refractivity (Wildman–Crippen MR) is 109 cm³/mol. The average molecular weight is 425 g/mol. The molecule has 2 rings (SSSR count). The third kappa shape index (κ3) is 6.04. The van der Waals surface area contributed by atoms with E-state index in [1.165, 1.54) is 19.2 Å². The lowest BCUT2D eigenvalue weighted by molar-refractivity contribution is 0.0846. The van der Waals surface area contributed by atoms with Gasteiger partial charge in [-0.2, -0.15) is 0 Å². The second kappa shape index (κ2) is 10.2. The third-order valence-electron chi connectivity index (χ3n) is 3.84. The van der Waals surface area contributed by atoms with Crippen molar-refractivity contribution in [3.8, 4) is 11.5 Å². The van der Waals surface area contributed by atoms with Gasteiger partial charge in [0.25, 0.3) is 11.8 Å². The molecule has 0 radical (unpaired) electrons. The standard InChI is InChI=1S/C20H22Cl2N2O4/c1-12(2)8-9-28-17-7-4-13(10-18(17)27-3)19(25)23-24-20(26)15-11-14(21)5-6-16(15)22/h4-7,10-12H,8-9H2,1-3H3,(H,23,25)(H,24,26). The van der Waals surface area contributed by atoms with Crippen molar-refractivity contribution in [2.75, 3.05) is 13.7 Å². The van der Waals surface area contributed by atoms with Crippen molar-refractivity contribution in [2.24, 2.45) is 5.92 Å². The number of nitrogens with one attached hydrogen (secondary N) is 2. The lowest BCUT2D eigenvalue weighted by Gasteiger charge is -2.13. The van der Waals surface area contributed by atoms with Gasteiger partial charge in [-0.25, -0.2) is 0 Å². The molecule has 0 unspecified atom stereocenters. The number of methoxy groups -OCH3 is 1. The van der Waals surface area contributed by atoms with Crippen LogP contribution in [-0.4, -0.2) is 25.5 Å². The second-order valence-electron chi connectivity index (χ2n) is 6.43. The number of halogens is 2. The van der Waals surface area contributed by atoms with Crippen molar-refractivity contribution in [1.82, 2.24) is 10.9 Å². The quantitative estimate of drug-likeness (QED) is 0.641. The molecule has 2 N–H and O–H groups in total. The Bertz CT molecular complexity index is 856. The first kappa shape index (κ1) is 21.9. The first-order valence-corrected chi connectivity index (χ1v) is 9.44. The summed E-state index contributed by atoms with van der Waals surface area (Å²) in [6.07, 6.45) is 0.906. The Morgan fingerprint density at radius 3 is 2.39 bits per heavy atom. The first-order chi connectivity index (χ1) is 13.3. The molecule has 2 aromatic rings. The highest BCUT2D eigenvalue weighted by Gasteiger charge is 2.15. The average Bonchev–Trinajstić information content (AvgIpc) is 2.67. The minimum atomic E-state index is -0.582. The van der Waals surface area contributed by atoms with E-state index in [2.05, 4.69) is 24.7 Å². The molecule has 28 heavy (non-hydrogen) atoms. The van der Waals surface area contributed by atoms with Gasteiger partial charge >= 0.3 is 0 Å². The van der Waals surface area contributed by atoms with Crippen molar-refractivity contribution in [3.05, 3.63) is 57.6 Å². The van der Waals surface area contributed by atoms with Crippen molar-refractivity contribution in [2.45, 2.75) is 20.3 Å². The number of carbonyl (C=O) groups is 2. The highest BCUT2D eigenvalue weighted by molar-refractivity contribution is 6.35. The fraction of sp³-hybridized carbons (Fsp3) is 0.300. The van der Waals surface area contributed by atoms with Gasteiger partial charge < -0.3 is 9.47 Å². The molecule has 2 amide bonds. The van der Waals surface area contributed by atoms with E-state index >= 15 is 0 Å². The number of benzene rings is 2. The summed E-state index contributed by atoms with van der Waals surface area (Å²) in [6.45, 7) is 4.77. The zero-order valence-corrected chi connectivity index (χ0v) is 17.4. The zero-order valence-electron chi connectivity index (χ0n) is 15.8. The first-order valence-electron chi connectivity index (χ1n) is 8.68. The molecule has 0 saturated carbocycles. The topological polar surface area (TPSA) is 76.7 Å². The Morgan fingerprint density at radius 2 is 1.71 bits per heavy atom. The van der Waals surface area contributed by atoms with Crippen LogP contribution in [0.2, 0.25) is 10.0 Å². The summed E-state index contributed by atoms with van der Waals surface area (Å²) in [7, 11) is 1.50. The molecule has 0 spiro atoms. The fourth-order valence-corrected chi connectivity index (χ4v) is 2.63. The molecule has 0 heterocycles. The molecular formula is C20H22Cl2N2O4. The maximum Gasteiger partial charge on any atom is 0.271 e. The van der Waals surface area contributed by atoms with Crippen LogP contribution in [0.4, 0.5) is 0 Å². The maximum absolute atomic E-state index is 12.3. The van der Waals surface area contributed by atoms with Gasteiger partial charge in [0.15, 0.2) is 11.5 Å². The van der Waals surface area contributed by atoms with Crippen LogP contribution < -0.4 is 20.3 Å². The van der Waals surface area contributed by atoms with Gasteiger partial charge in [-0.15, -0.1) is 0 Å². The highest BCUT2D eigenvalue weighted by atomic mass is 35.5. The summed E-state index contributed by atoms with van der Waals surface area (Å²) in [5, 5.41) is 0.583. The van der Waals surface area contributed by atoms with E-state index in [9.17, 15) is 9.59 Å². The predicted octanol–water partition coefficient (Wildman–Crippen LogP) is 4.50. The molecule has 2 aromatic carbocycles. The Hall–Kier alpha value is -2.44. The van der Waals surface area contributed by atoms with Crippen LogP contribution in [0.25, 0.3) is 0 Å². The summed E-state index contributed by atoms with van der Waals surface area (Å²) >= 11 is 11.8. The van der Waals surface area contributed by atoms with E-state index in [0.717, 1.165) is 6.42 Å². The molecule has 0 atom stereocenters. The smallest absolute Gasteiger partial charge is 0.271 e. The number of rotatable bonds is 7. The number of carbonyl (C=O) groups excluding carboxylic acids is 2. The summed E-state index contributed by atoms with van der Waals surface area (Å²) in [4.78, 5) is 24.5. The van der Waals surface area contributed by atoms with E-state index in [1.54, 1.807) is 24.3 Å². The fourth-order valence-electron chi connectivity index (χ4n) is 2.26. The molecule has 6 nitrogen and oxygen atoms in total. The van der Waals surface area contributed by atoms with Gasteiger partial charge in [0.05, 0.1) is 24.3 Å². The van der Waals surface area contributed by atoms with Crippen molar-refractivity contribution < 1.29 is 19.1 Å². The van der Waals surface area contributed by atoms with Crippen molar-refractivity contribution in [1.29, 1.82) is 0 Å². The summed E-state index contributed by atoms with van der Waals surface area (Å²) < 4.78 is 11.0. The van der Waals surface area contributed by atoms with E-state index in [0.29, 0.717) is 34.6 Å². The van der Waals surface area contributed by atoms with Gasteiger partial charge in [-0.3, -0.25) is 20.4 Å². The van der Waals surface area contributed by atoms with Crippen LogP contribution in [-0.2, 0) is 0 Å². The van der Waals surface area contributed by atoms with Gasteiger partial charge in [0.1, 0.15) is 0 Å². The van der Waals surface area contributed by atoms with Crippen LogP contribution in [0, 0.1) is 5.92 Å². The van der Waals surface area contributed by atoms with Gasteiger partial charge in [0.2, 0.25) is 0 Å². The van der Waals surface area contributed by atoms with E-state index in [4.69, 9.17) is 32.7 Å². The second-order valence-corrected chi connectivity index (χ2v) is 7.27. The third-order valence-corrected chi connectivity index (χ3v) is 4.41. The van der Waals surface area contributed by atoms with E-state index in [-0.39, 0.29) is 10.6 Å². The Kier molecular flexibility index (Phi) is 7.96. The Morgan fingerprint density at radius 1 is 1.00 bits per heavy atom. The lowest BCUT2D eigenvalue weighted by Crippen LogP contribution is -2.41. The number of amides is 2. The zero-order chi connectivity index (χ0) is 20.7.